The Labute approximate surface area is 164 Å². The molecule has 0 fully saturated rings. The molecule has 0 saturated heterocycles. The molecule has 0 aromatic rings. The first-order valence-corrected chi connectivity index (χ1v) is 8.76. The van der Waals surface area contributed by atoms with Crippen molar-refractivity contribution in [2.45, 2.75) is 59.2 Å². The van der Waals surface area contributed by atoms with Crippen LogP contribution in [0.4, 0.5) is 4.79 Å². The monoisotopic (exact) mass is 468 g/mol. The standard InChI is InChI=1S/C17H29IN2O5/c1-10-17(6,7)12(14(22)25-18)20(9)13(21)11(2)19(8)15(23)24-16(3,4)5/h10-12H,1H2,2-9H3/t11-,12-/m1/s1. The molecule has 25 heavy (non-hydrogen) atoms. The second kappa shape index (κ2) is 8.86. The van der Waals surface area contributed by atoms with Crippen LogP contribution in [0, 0.1) is 5.41 Å². The Morgan fingerprint density at radius 2 is 1.56 bits per heavy atom. The van der Waals surface area contributed by atoms with E-state index in [2.05, 4.69) is 6.58 Å². The Kier molecular flexibility index (Phi) is 8.40. The Balaban J connectivity index is 5.43. The van der Waals surface area contributed by atoms with E-state index in [4.69, 9.17) is 7.80 Å². The van der Waals surface area contributed by atoms with Gasteiger partial charge in [0.1, 0.15) is 17.7 Å². The second-order valence-electron chi connectivity index (χ2n) is 7.54. The Morgan fingerprint density at radius 3 is 1.92 bits per heavy atom. The molecule has 0 saturated carbocycles. The summed E-state index contributed by atoms with van der Waals surface area (Å²) in [5.41, 5.74) is -1.38. The molecule has 0 aromatic carbocycles. The summed E-state index contributed by atoms with van der Waals surface area (Å²) in [5, 5.41) is 0. The van der Waals surface area contributed by atoms with Crippen LogP contribution in [0.5, 0.6) is 0 Å². The zero-order chi connectivity index (χ0) is 20.2. The second-order valence-corrected chi connectivity index (χ2v) is 7.98. The SMILES string of the molecule is C=CC(C)(C)[C@@H](C(=O)OI)N(C)C(=O)[C@@H](C)N(C)C(=O)OC(C)(C)C. The van der Waals surface area contributed by atoms with E-state index in [1.807, 2.05) is 0 Å². The zero-order valence-electron chi connectivity index (χ0n) is 16.3. The lowest BCUT2D eigenvalue weighted by molar-refractivity contribution is -0.150. The van der Waals surface area contributed by atoms with Crippen molar-refractivity contribution in [3.8, 4) is 0 Å². The highest BCUT2D eigenvalue weighted by molar-refractivity contribution is 14.1. The first kappa shape index (κ1) is 23.7. The largest absolute Gasteiger partial charge is 0.444 e. The minimum atomic E-state index is -0.871. The molecule has 0 heterocycles. The normalized spacial score (nSPS) is 14.1. The van der Waals surface area contributed by atoms with E-state index in [0.717, 1.165) is 0 Å². The average Bonchev–Trinajstić information content (AvgIpc) is 2.50. The molecule has 0 spiro atoms. The topological polar surface area (TPSA) is 76.2 Å². The first-order chi connectivity index (χ1) is 11.2. The third kappa shape index (κ3) is 6.48. The number of ether oxygens (including phenoxy) is 1. The van der Waals surface area contributed by atoms with Gasteiger partial charge in [-0.15, -0.1) is 6.58 Å². The quantitative estimate of drug-likeness (QED) is 0.442. The van der Waals surface area contributed by atoms with Gasteiger partial charge in [0.2, 0.25) is 5.91 Å². The molecule has 0 aliphatic rings. The molecular formula is C17H29IN2O5. The maximum atomic E-state index is 12.8. The molecule has 0 aliphatic heterocycles. The van der Waals surface area contributed by atoms with Crippen molar-refractivity contribution in [2.24, 2.45) is 5.41 Å². The van der Waals surface area contributed by atoms with Gasteiger partial charge >= 0.3 is 12.1 Å². The lowest BCUT2D eigenvalue weighted by atomic mass is 9.83. The fourth-order valence-corrected chi connectivity index (χ4v) is 2.44. The molecule has 0 aliphatic carbocycles. The fraction of sp³-hybridized carbons (Fsp3) is 0.706. The zero-order valence-corrected chi connectivity index (χ0v) is 18.4. The van der Waals surface area contributed by atoms with E-state index in [0.29, 0.717) is 0 Å². The summed E-state index contributed by atoms with van der Waals surface area (Å²) in [6.07, 6.45) is 0.981. The number of nitrogens with zero attached hydrogens (tertiary/aromatic N) is 2. The van der Waals surface area contributed by atoms with E-state index in [1.54, 1.807) is 47.6 Å². The smallest absolute Gasteiger partial charge is 0.410 e. The Bertz CT molecular complexity index is 528. The number of hydrogen-bond donors (Lipinski definition) is 0. The van der Waals surface area contributed by atoms with Gasteiger partial charge in [-0.3, -0.25) is 9.69 Å². The molecule has 0 aromatic heterocycles. The van der Waals surface area contributed by atoms with E-state index in [1.165, 1.54) is 46.9 Å². The summed E-state index contributed by atoms with van der Waals surface area (Å²) < 4.78 is 10.1. The van der Waals surface area contributed by atoms with Gasteiger partial charge in [0.15, 0.2) is 23.0 Å². The number of rotatable bonds is 6. The van der Waals surface area contributed by atoms with Crippen LogP contribution in [-0.4, -0.2) is 59.5 Å². The van der Waals surface area contributed by atoms with Crippen molar-refractivity contribution in [3.63, 3.8) is 0 Å². The van der Waals surface area contributed by atoms with Crippen molar-refractivity contribution < 1.29 is 22.2 Å². The van der Waals surface area contributed by atoms with Crippen molar-refractivity contribution in [2.75, 3.05) is 14.1 Å². The summed E-state index contributed by atoms with van der Waals surface area (Å²) in [6.45, 7) is 14.1. The number of halogens is 1. The van der Waals surface area contributed by atoms with Crippen LogP contribution in [0.15, 0.2) is 12.7 Å². The molecular weight excluding hydrogens is 439 g/mol. The molecule has 0 bridgehead atoms. The number of amides is 2. The fourth-order valence-electron chi connectivity index (χ4n) is 2.19. The van der Waals surface area contributed by atoms with Crippen LogP contribution < -0.4 is 0 Å². The molecule has 8 heteroatoms. The molecule has 0 N–H and O–H groups in total. The van der Waals surface area contributed by atoms with E-state index >= 15 is 0 Å². The molecule has 2 atom stereocenters. The van der Waals surface area contributed by atoms with Crippen molar-refractivity contribution in [1.29, 1.82) is 0 Å². The molecule has 144 valence electrons. The predicted molar refractivity (Wildman–Crippen MR) is 104 cm³/mol. The summed E-state index contributed by atoms with van der Waals surface area (Å²) in [7, 11) is 2.99. The third-order valence-electron chi connectivity index (χ3n) is 3.88. The summed E-state index contributed by atoms with van der Waals surface area (Å²) >= 11 is 1.49. The van der Waals surface area contributed by atoms with Gasteiger partial charge in [-0.1, -0.05) is 19.9 Å². The average molecular weight is 468 g/mol. The van der Waals surface area contributed by atoms with Crippen molar-refractivity contribution >= 4 is 41.0 Å². The highest BCUT2D eigenvalue weighted by Crippen LogP contribution is 2.28. The van der Waals surface area contributed by atoms with Crippen molar-refractivity contribution in [3.05, 3.63) is 12.7 Å². The van der Waals surface area contributed by atoms with Crippen LogP contribution in [0.2, 0.25) is 0 Å². The minimum Gasteiger partial charge on any atom is -0.444 e. The molecule has 2 amide bonds. The Morgan fingerprint density at radius 1 is 1.08 bits per heavy atom. The number of carbonyl (C=O) groups is 3. The lowest BCUT2D eigenvalue weighted by Gasteiger charge is -2.38. The van der Waals surface area contributed by atoms with E-state index in [9.17, 15) is 14.4 Å². The van der Waals surface area contributed by atoms with Crippen LogP contribution >= 0.6 is 23.0 Å². The van der Waals surface area contributed by atoms with Gasteiger partial charge in [-0.25, -0.2) is 9.59 Å². The van der Waals surface area contributed by atoms with Gasteiger partial charge in [0, 0.05) is 19.5 Å². The van der Waals surface area contributed by atoms with Crippen LogP contribution in [0.25, 0.3) is 0 Å². The minimum absolute atomic E-state index is 0.407. The molecule has 0 unspecified atom stereocenters. The predicted octanol–water partition coefficient (Wildman–Crippen LogP) is 3.17. The van der Waals surface area contributed by atoms with Gasteiger partial charge in [0.25, 0.3) is 0 Å². The van der Waals surface area contributed by atoms with Gasteiger partial charge in [-0.2, -0.15) is 0 Å². The van der Waals surface area contributed by atoms with Crippen LogP contribution in [0.1, 0.15) is 41.5 Å². The van der Waals surface area contributed by atoms with Crippen molar-refractivity contribution in [1.82, 2.24) is 9.80 Å². The Hall–Kier alpha value is -1.32. The lowest BCUT2D eigenvalue weighted by Crippen LogP contribution is -2.56. The van der Waals surface area contributed by atoms with E-state index < -0.39 is 41.1 Å². The summed E-state index contributed by atoms with van der Waals surface area (Å²) in [6, 6.07) is -1.69. The molecule has 0 rings (SSSR count). The molecule has 7 nitrogen and oxygen atoms in total. The van der Waals surface area contributed by atoms with Gasteiger partial charge < -0.3 is 12.7 Å². The van der Waals surface area contributed by atoms with Gasteiger partial charge in [0.05, 0.1) is 0 Å². The highest BCUT2D eigenvalue weighted by atomic mass is 127. The summed E-state index contributed by atoms with van der Waals surface area (Å²) in [4.78, 5) is 39.7. The molecule has 0 radical (unpaired) electrons. The van der Waals surface area contributed by atoms with Crippen LogP contribution in [0.3, 0.4) is 0 Å². The van der Waals surface area contributed by atoms with Gasteiger partial charge in [-0.05, 0) is 27.7 Å². The number of likely N-dealkylation sites (N-methyl/N-ethyl adjacent to an activating group) is 2. The third-order valence-corrected chi connectivity index (χ3v) is 4.32. The highest BCUT2D eigenvalue weighted by Gasteiger charge is 2.41. The number of carbonyl (C=O) groups excluding carboxylic acids is 3. The summed E-state index contributed by atoms with van der Waals surface area (Å²) in [5.74, 6) is -0.969. The van der Waals surface area contributed by atoms with E-state index in [-0.39, 0.29) is 0 Å². The van der Waals surface area contributed by atoms with Crippen LogP contribution in [-0.2, 0) is 17.4 Å². The maximum Gasteiger partial charge on any atom is 0.410 e. The number of hydrogen-bond acceptors (Lipinski definition) is 5. The first-order valence-electron chi connectivity index (χ1n) is 7.88. The maximum absolute atomic E-state index is 12.8.